The van der Waals surface area contributed by atoms with E-state index in [1.165, 1.54) is 19.3 Å². The van der Waals surface area contributed by atoms with Gasteiger partial charge < -0.3 is 32.6 Å². The van der Waals surface area contributed by atoms with Crippen LogP contribution in [0.5, 0.6) is 0 Å². The summed E-state index contributed by atoms with van der Waals surface area (Å²) in [5.41, 5.74) is 14.4. The van der Waals surface area contributed by atoms with Crippen molar-refractivity contribution in [3.05, 3.63) is 58.0 Å². The van der Waals surface area contributed by atoms with E-state index in [0.717, 1.165) is 36.5 Å². The molecule has 1 aliphatic carbocycles. The van der Waals surface area contributed by atoms with Crippen LogP contribution >= 0.6 is 0 Å². The maximum Gasteiger partial charge on any atom is 0.261 e. The van der Waals surface area contributed by atoms with E-state index < -0.39 is 0 Å². The minimum Gasteiger partial charge on any atom is -0.383 e. The van der Waals surface area contributed by atoms with Gasteiger partial charge in [-0.25, -0.2) is 4.99 Å². The van der Waals surface area contributed by atoms with Crippen LogP contribution in [0.25, 0.3) is 0 Å². The number of H-pyrrole nitrogens is 1. The number of aromatic nitrogens is 1. The van der Waals surface area contributed by atoms with Crippen molar-refractivity contribution >= 4 is 29.6 Å². The van der Waals surface area contributed by atoms with E-state index in [2.05, 4.69) is 15.3 Å². The number of anilines is 1. The van der Waals surface area contributed by atoms with Gasteiger partial charge in [0.1, 0.15) is 11.4 Å². The molecule has 1 fully saturated rings. The van der Waals surface area contributed by atoms with E-state index in [9.17, 15) is 4.79 Å². The fourth-order valence-electron chi connectivity index (χ4n) is 3.27. The average Bonchev–Trinajstić information content (AvgIpc) is 2.75. The first-order valence-electron chi connectivity index (χ1n) is 9.70. The second kappa shape index (κ2) is 11.6. The Labute approximate surface area is 170 Å². The average molecular weight is 396 g/mol. The molecule has 1 aromatic heterocycles. The normalized spacial score (nSPS) is 14.4. The van der Waals surface area contributed by atoms with Gasteiger partial charge in [0.05, 0.1) is 11.4 Å². The molecule has 1 saturated carbocycles. The van der Waals surface area contributed by atoms with Crippen molar-refractivity contribution in [3.8, 4) is 0 Å². The number of amidine groups is 1. The zero-order valence-electron chi connectivity index (χ0n) is 16.4. The number of nitrogens with two attached hydrogens (primary N) is 2. The molecular formula is C21H29N7O. The van der Waals surface area contributed by atoms with Crippen LogP contribution in [-0.4, -0.2) is 29.3 Å². The Balaban J connectivity index is 0.000000687. The summed E-state index contributed by atoms with van der Waals surface area (Å²) in [6.07, 6.45) is 9.40. The Hall–Kier alpha value is -3.26. The highest BCUT2D eigenvalue weighted by Gasteiger charge is 2.17. The summed E-state index contributed by atoms with van der Waals surface area (Å²) in [5.74, 6) is 0.203. The number of hydrogen-bond acceptors (Lipinski definition) is 6. The van der Waals surface area contributed by atoms with E-state index in [0.29, 0.717) is 23.8 Å². The highest BCUT2D eigenvalue weighted by atomic mass is 16.1. The molecule has 0 spiro atoms. The second-order valence-electron chi connectivity index (χ2n) is 6.78. The molecule has 0 unspecified atom stereocenters. The van der Waals surface area contributed by atoms with Crippen LogP contribution in [-0.2, 0) is 6.54 Å². The lowest BCUT2D eigenvalue weighted by Gasteiger charge is -2.24. The van der Waals surface area contributed by atoms with Crippen molar-refractivity contribution in [2.75, 3.05) is 5.32 Å². The molecule has 0 saturated heterocycles. The van der Waals surface area contributed by atoms with Crippen LogP contribution in [0.1, 0.15) is 43.2 Å². The molecule has 1 heterocycles. The van der Waals surface area contributed by atoms with Gasteiger partial charge in [-0.15, -0.1) is 0 Å². The molecule has 0 bridgehead atoms. The summed E-state index contributed by atoms with van der Waals surface area (Å²) in [7, 11) is 0. The van der Waals surface area contributed by atoms with E-state index in [1.54, 1.807) is 6.20 Å². The van der Waals surface area contributed by atoms with E-state index in [-0.39, 0.29) is 11.4 Å². The van der Waals surface area contributed by atoms with Gasteiger partial charge in [0, 0.05) is 31.2 Å². The van der Waals surface area contributed by atoms with Gasteiger partial charge in [0.25, 0.3) is 5.56 Å². The first-order chi connectivity index (χ1) is 14.1. The fraction of sp³-hybridized carbons (Fsp3) is 0.333. The predicted octanol–water partition coefficient (Wildman–Crippen LogP) is 2.90. The summed E-state index contributed by atoms with van der Waals surface area (Å²) in [6, 6.07) is 9.76. The maximum absolute atomic E-state index is 12.4. The fourth-order valence-corrected chi connectivity index (χ4v) is 3.27. The molecule has 8 heteroatoms. The Kier molecular flexibility index (Phi) is 8.78. The van der Waals surface area contributed by atoms with Crippen LogP contribution in [0.2, 0.25) is 0 Å². The summed E-state index contributed by atoms with van der Waals surface area (Å²) in [6.45, 7) is 0.434. The molecule has 8 N–H and O–H groups in total. The summed E-state index contributed by atoms with van der Waals surface area (Å²) >= 11 is 0. The van der Waals surface area contributed by atoms with Gasteiger partial charge in [-0.3, -0.25) is 4.79 Å². The topological polar surface area (TPSA) is 157 Å². The third kappa shape index (κ3) is 6.69. The lowest BCUT2D eigenvalue weighted by atomic mass is 9.95. The van der Waals surface area contributed by atoms with Gasteiger partial charge in [-0.05, 0) is 36.6 Å². The molecule has 0 aliphatic heterocycles. The van der Waals surface area contributed by atoms with Crippen molar-refractivity contribution in [3.63, 3.8) is 0 Å². The smallest absolute Gasteiger partial charge is 0.261 e. The standard InChI is InChI=1S/C19H25N5O.C2H4N2/c20-12-13-5-4-8-15(11-13)24-18(21)17-16(9-10-22-19(17)25)23-14-6-2-1-3-7-14;3-1-2-4/h4-5,8-11,14H,1-3,6-7,12,20H2,(H2,21,24)(H2,22,23,25);1-4H. The Morgan fingerprint density at radius 2 is 1.93 bits per heavy atom. The number of nitrogens with one attached hydrogen (secondary N) is 4. The number of pyridine rings is 1. The van der Waals surface area contributed by atoms with Crippen LogP contribution in [0.4, 0.5) is 11.4 Å². The monoisotopic (exact) mass is 395 g/mol. The highest BCUT2D eigenvalue weighted by molar-refractivity contribution is 6.12. The lowest BCUT2D eigenvalue weighted by Crippen LogP contribution is -2.29. The van der Waals surface area contributed by atoms with Crippen molar-refractivity contribution in [1.29, 1.82) is 10.8 Å². The number of aliphatic imine (C=N–C) groups is 1. The highest BCUT2D eigenvalue weighted by Crippen LogP contribution is 2.23. The third-order valence-electron chi connectivity index (χ3n) is 4.66. The van der Waals surface area contributed by atoms with E-state index in [1.807, 2.05) is 30.3 Å². The Morgan fingerprint density at radius 3 is 2.59 bits per heavy atom. The quantitative estimate of drug-likeness (QED) is 0.328. The number of rotatable bonds is 6. The van der Waals surface area contributed by atoms with Crippen molar-refractivity contribution in [2.24, 2.45) is 16.5 Å². The number of benzene rings is 1. The van der Waals surface area contributed by atoms with E-state index in [4.69, 9.17) is 22.3 Å². The van der Waals surface area contributed by atoms with Crippen LogP contribution in [0.15, 0.2) is 46.3 Å². The molecule has 1 aliphatic rings. The first kappa shape index (κ1) is 22.0. The largest absolute Gasteiger partial charge is 0.383 e. The molecule has 29 heavy (non-hydrogen) atoms. The van der Waals surface area contributed by atoms with Crippen LogP contribution < -0.4 is 22.3 Å². The summed E-state index contributed by atoms with van der Waals surface area (Å²) in [4.78, 5) is 19.5. The minimum atomic E-state index is -0.239. The predicted molar refractivity (Wildman–Crippen MR) is 120 cm³/mol. The Morgan fingerprint density at radius 1 is 1.21 bits per heavy atom. The maximum atomic E-state index is 12.4. The zero-order chi connectivity index (χ0) is 21.1. The number of nitrogens with zero attached hydrogens (tertiary/aromatic N) is 1. The summed E-state index contributed by atoms with van der Waals surface area (Å²) < 4.78 is 0. The van der Waals surface area contributed by atoms with Gasteiger partial charge in [-0.2, -0.15) is 0 Å². The van der Waals surface area contributed by atoms with Crippen molar-refractivity contribution in [1.82, 2.24) is 4.98 Å². The molecule has 0 radical (unpaired) electrons. The number of aromatic amines is 1. The SMILES string of the molecule is N=CC=N.NCc1cccc(N=C(N)c2c(NC3CCCCC3)cc[nH]c2=O)c1. The zero-order valence-corrected chi connectivity index (χ0v) is 16.4. The number of hydrogen-bond donors (Lipinski definition) is 6. The molecular weight excluding hydrogens is 366 g/mol. The molecule has 1 aromatic carbocycles. The minimum absolute atomic E-state index is 0.203. The molecule has 8 nitrogen and oxygen atoms in total. The van der Waals surface area contributed by atoms with Gasteiger partial charge in [-0.1, -0.05) is 31.4 Å². The van der Waals surface area contributed by atoms with Crippen molar-refractivity contribution < 1.29 is 0 Å². The van der Waals surface area contributed by atoms with Crippen LogP contribution in [0.3, 0.4) is 0 Å². The molecule has 0 amide bonds. The van der Waals surface area contributed by atoms with Gasteiger partial charge >= 0.3 is 0 Å². The molecule has 0 atom stereocenters. The van der Waals surface area contributed by atoms with Gasteiger partial charge in [0.15, 0.2) is 0 Å². The van der Waals surface area contributed by atoms with E-state index >= 15 is 0 Å². The second-order valence-corrected chi connectivity index (χ2v) is 6.78. The molecule has 3 rings (SSSR count). The Bertz CT molecular complexity index is 892. The van der Waals surface area contributed by atoms with Gasteiger partial charge in [0.2, 0.25) is 0 Å². The molecule has 2 aromatic rings. The third-order valence-corrected chi connectivity index (χ3v) is 4.66. The van der Waals surface area contributed by atoms with Crippen LogP contribution in [0, 0.1) is 10.8 Å². The lowest BCUT2D eigenvalue weighted by molar-refractivity contribution is 0.462. The first-order valence-corrected chi connectivity index (χ1v) is 9.70. The summed E-state index contributed by atoms with van der Waals surface area (Å²) in [5, 5.41) is 15.6. The molecule has 154 valence electrons. The van der Waals surface area contributed by atoms with Crippen molar-refractivity contribution in [2.45, 2.75) is 44.7 Å².